The van der Waals surface area contributed by atoms with E-state index in [-0.39, 0.29) is 0 Å². The second-order valence-corrected chi connectivity index (χ2v) is 4.70. The Morgan fingerprint density at radius 3 is 2.67 bits per heavy atom. The molecule has 4 atom stereocenters. The Hall–Kier alpha value is -0.0800. The van der Waals surface area contributed by atoms with E-state index in [1.807, 2.05) is 0 Å². The summed E-state index contributed by atoms with van der Waals surface area (Å²) in [4.78, 5) is 1.78. The van der Waals surface area contributed by atoms with Crippen LogP contribution in [-0.4, -0.2) is 25.7 Å². The lowest BCUT2D eigenvalue weighted by Crippen LogP contribution is -3.16. The quantitative estimate of drug-likeness (QED) is 0.471. The highest BCUT2D eigenvalue weighted by Gasteiger charge is 2.41. The third-order valence-electron chi connectivity index (χ3n) is 3.97. The van der Waals surface area contributed by atoms with E-state index in [2.05, 4.69) is 12.8 Å². The highest BCUT2D eigenvalue weighted by atomic mass is 15.1. The van der Waals surface area contributed by atoms with Gasteiger partial charge in [0.05, 0.1) is 31.6 Å². The number of rotatable bonds is 0. The number of hydrogen-bond acceptors (Lipinski definition) is 0. The van der Waals surface area contributed by atoms with Crippen LogP contribution in [0.5, 0.6) is 0 Å². The molecule has 1 heterocycles. The largest absolute Gasteiger partial charge is 0.355 e. The van der Waals surface area contributed by atoms with Gasteiger partial charge in [0.1, 0.15) is 0 Å². The summed E-state index contributed by atoms with van der Waals surface area (Å²) < 4.78 is 0. The lowest BCUT2D eigenvalue weighted by Gasteiger charge is -2.40. The zero-order valence-corrected chi connectivity index (χ0v) is 8.18. The molecule has 0 aromatic heterocycles. The van der Waals surface area contributed by atoms with Crippen molar-refractivity contribution in [3.05, 3.63) is 0 Å². The zero-order valence-electron chi connectivity index (χ0n) is 8.18. The molecule has 70 valence electrons. The second-order valence-electron chi connectivity index (χ2n) is 4.70. The fourth-order valence-corrected chi connectivity index (χ4v) is 3.15. The lowest BCUT2D eigenvalue weighted by atomic mass is 9.76. The average molecular weight is 170 g/mol. The predicted molar refractivity (Wildman–Crippen MR) is 48.8 cm³/mol. The number of piperidine rings is 1. The number of likely N-dealkylation sites (tertiary alicyclic amines) is 1. The van der Waals surface area contributed by atoms with E-state index in [9.17, 15) is 0 Å². The Bertz CT molecular complexity index is 140. The van der Waals surface area contributed by atoms with Crippen LogP contribution in [0.1, 0.15) is 32.1 Å². The Kier molecular flexibility index (Phi) is 2.37. The van der Waals surface area contributed by atoms with Gasteiger partial charge in [0.2, 0.25) is 0 Å². The molecular weight excluding hydrogens is 148 g/mol. The summed E-state index contributed by atoms with van der Waals surface area (Å²) in [5, 5.41) is 0. The van der Waals surface area contributed by atoms with E-state index in [0.29, 0.717) is 0 Å². The van der Waals surface area contributed by atoms with E-state index in [1.54, 1.807) is 4.90 Å². The van der Waals surface area contributed by atoms with Crippen LogP contribution in [0, 0.1) is 5.92 Å². The van der Waals surface area contributed by atoms with Gasteiger partial charge in [0.15, 0.2) is 0 Å². The molecule has 2 rings (SSSR count). The van der Waals surface area contributed by atoms with E-state index in [4.69, 9.17) is 0 Å². The van der Waals surface area contributed by atoms with Crippen LogP contribution in [0.3, 0.4) is 0 Å². The van der Waals surface area contributed by atoms with E-state index >= 15 is 0 Å². The smallest absolute Gasteiger partial charge is 0.0983 e. The molecular formula is C10H22N2+2. The first-order valence-corrected chi connectivity index (χ1v) is 5.44. The van der Waals surface area contributed by atoms with Gasteiger partial charge in [-0.1, -0.05) is 6.42 Å². The van der Waals surface area contributed by atoms with Crippen molar-refractivity contribution in [3.8, 4) is 0 Å². The van der Waals surface area contributed by atoms with Crippen LogP contribution in [0.15, 0.2) is 0 Å². The van der Waals surface area contributed by atoms with Gasteiger partial charge in [-0.3, -0.25) is 0 Å². The Morgan fingerprint density at radius 2 is 1.92 bits per heavy atom. The van der Waals surface area contributed by atoms with Crippen LogP contribution in [-0.2, 0) is 0 Å². The van der Waals surface area contributed by atoms with Crippen molar-refractivity contribution in [1.82, 2.24) is 0 Å². The number of fused-ring (bicyclic) bond motifs is 1. The summed E-state index contributed by atoms with van der Waals surface area (Å²) in [5.74, 6) is 0.951. The molecule has 2 nitrogen and oxygen atoms in total. The molecule has 2 fully saturated rings. The molecule has 12 heavy (non-hydrogen) atoms. The molecule has 1 saturated heterocycles. The SMILES string of the molecule is C[NH+]1CC[C@@H]([NH3+])[C@@H]2CCCC[C@@H]21. The van der Waals surface area contributed by atoms with Gasteiger partial charge in [-0.15, -0.1) is 0 Å². The van der Waals surface area contributed by atoms with Gasteiger partial charge < -0.3 is 10.6 Å². The fourth-order valence-electron chi connectivity index (χ4n) is 3.15. The Labute approximate surface area is 75.1 Å². The third-order valence-corrected chi connectivity index (χ3v) is 3.97. The molecule has 4 N–H and O–H groups in total. The van der Waals surface area contributed by atoms with Gasteiger partial charge in [-0.05, 0) is 19.3 Å². The molecule has 1 unspecified atom stereocenters. The first-order valence-electron chi connectivity index (χ1n) is 5.44. The lowest BCUT2D eigenvalue weighted by molar-refractivity contribution is -0.922. The fraction of sp³-hybridized carbons (Fsp3) is 1.00. The van der Waals surface area contributed by atoms with Crippen LogP contribution >= 0.6 is 0 Å². The van der Waals surface area contributed by atoms with Crippen molar-refractivity contribution in [2.45, 2.75) is 44.2 Å². The van der Waals surface area contributed by atoms with Gasteiger partial charge in [0, 0.05) is 6.42 Å². The van der Waals surface area contributed by atoms with Crippen LogP contribution < -0.4 is 10.6 Å². The summed E-state index contributed by atoms with van der Waals surface area (Å²) >= 11 is 0. The average Bonchev–Trinajstić information content (AvgIpc) is 2.12. The maximum Gasteiger partial charge on any atom is 0.0983 e. The molecule has 1 aliphatic heterocycles. The molecule has 0 amide bonds. The number of quaternary nitrogens is 2. The third kappa shape index (κ3) is 1.38. The van der Waals surface area contributed by atoms with E-state index in [0.717, 1.165) is 18.0 Å². The molecule has 1 saturated carbocycles. The minimum atomic E-state index is 0.763. The number of hydrogen-bond donors (Lipinski definition) is 2. The molecule has 0 spiro atoms. The molecule has 0 aromatic carbocycles. The maximum absolute atomic E-state index is 4.30. The van der Waals surface area contributed by atoms with Gasteiger partial charge in [-0.2, -0.15) is 0 Å². The summed E-state index contributed by atoms with van der Waals surface area (Å²) in [6.07, 6.45) is 7.19. The minimum absolute atomic E-state index is 0.763. The van der Waals surface area contributed by atoms with Gasteiger partial charge in [-0.25, -0.2) is 0 Å². The standard InChI is InChI=1S/C10H20N2/c1-12-7-6-9(11)8-4-2-3-5-10(8)12/h8-10H,2-7,11H2,1H3/p+2/t8-,9+,10-/m0/s1. The zero-order chi connectivity index (χ0) is 8.55. The highest BCUT2D eigenvalue weighted by molar-refractivity contribution is 4.82. The van der Waals surface area contributed by atoms with Crippen LogP contribution in [0.25, 0.3) is 0 Å². The van der Waals surface area contributed by atoms with Crippen molar-refractivity contribution < 1.29 is 10.6 Å². The van der Waals surface area contributed by atoms with Crippen LogP contribution in [0.4, 0.5) is 0 Å². The first kappa shape index (κ1) is 8.52. The topological polar surface area (TPSA) is 32.1 Å². The highest BCUT2D eigenvalue weighted by Crippen LogP contribution is 2.26. The van der Waals surface area contributed by atoms with Gasteiger partial charge in [0.25, 0.3) is 0 Å². The van der Waals surface area contributed by atoms with Crippen molar-refractivity contribution in [1.29, 1.82) is 0 Å². The van der Waals surface area contributed by atoms with E-state index < -0.39 is 0 Å². The van der Waals surface area contributed by atoms with Crippen molar-refractivity contribution in [3.63, 3.8) is 0 Å². The van der Waals surface area contributed by atoms with Gasteiger partial charge >= 0.3 is 0 Å². The summed E-state index contributed by atoms with van der Waals surface area (Å²) in [6, 6.07) is 1.72. The summed E-state index contributed by atoms with van der Waals surface area (Å²) in [6.45, 7) is 1.36. The summed E-state index contributed by atoms with van der Waals surface area (Å²) in [5.41, 5.74) is 4.30. The number of nitrogens with one attached hydrogen (secondary N) is 1. The molecule has 0 aromatic rings. The molecule has 1 aliphatic carbocycles. The van der Waals surface area contributed by atoms with Crippen LogP contribution in [0.2, 0.25) is 0 Å². The minimum Gasteiger partial charge on any atom is -0.355 e. The molecule has 0 radical (unpaired) electrons. The molecule has 0 bridgehead atoms. The predicted octanol–water partition coefficient (Wildman–Crippen LogP) is -0.926. The maximum atomic E-state index is 4.30. The molecule has 2 heteroatoms. The second kappa shape index (κ2) is 3.35. The first-order chi connectivity index (χ1) is 5.79. The molecule has 2 aliphatic rings. The Morgan fingerprint density at radius 1 is 1.17 bits per heavy atom. The normalized spacial score (nSPS) is 48.5. The van der Waals surface area contributed by atoms with E-state index in [1.165, 1.54) is 38.6 Å². The summed E-state index contributed by atoms with van der Waals surface area (Å²) in [7, 11) is 2.37. The van der Waals surface area contributed by atoms with Crippen molar-refractivity contribution in [2.24, 2.45) is 5.92 Å². The monoisotopic (exact) mass is 170 g/mol. The van der Waals surface area contributed by atoms with Crippen molar-refractivity contribution in [2.75, 3.05) is 13.6 Å². The Balaban J connectivity index is 2.05. The van der Waals surface area contributed by atoms with Crippen molar-refractivity contribution >= 4 is 0 Å².